The van der Waals surface area contributed by atoms with Gasteiger partial charge >= 0.3 is 0 Å². The van der Waals surface area contributed by atoms with Crippen LogP contribution in [0.1, 0.15) is 13.8 Å². The summed E-state index contributed by atoms with van der Waals surface area (Å²) in [4.78, 5) is 2.17. The monoisotopic (exact) mass is 498 g/mol. The zero-order valence-corrected chi connectivity index (χ0v) is 21.5. The van der Waals surface area contributed by atoms with Gasteiger partial charge in [0.15, 0.2) is 0 Å². The van der Waals surface area contributed by atoms with Crippen molar-refractivity contribution in [2.24, 2.45) is 0 Å². The third-order valence-electron chi connectivity index (χ3n) is 5.53. The number of rotatable bonds is 12. The van der Waals surface area contributed by atoms with Gasteiger partial charge in [-0.15, -0.1) is 0 Å². The molecule has 0 bridgehead atoms. The van der Waals surface area contributed by atoms with Crippen LogP contribution in [0.15, 0.2) is 78.2 Å². The van der Waals surface area contributed by atoms with Gasteiger partial charge in [-0.3, -0.25) is 0 Å². The van der Waals surface area contributed by atoms with Gasteiger partial charge in [0.2, 0.25) is 10.0 Å². The van der Waals surface area contributed by atoms with Gasteiger partial charge in [-0.2, -0.15) is 4.31 Å². The highest BCUT2D eigenvalue weighted by Gasteiger charge is 2.30. The maximum atomic E-state index is 13.7. The summed E-state index contributed by atoms with van der Waals surface area (Å²) in [7, 11) is -0.0369. The van der Waals surface area contributed by atoms with Crippen molar-refractivity contribution in [2.45, 2.75) is 30.9 Å². The lowest BCUT2D eigenvalue weighted by Crippen LogP contribution is -2.43. The van der Waals surface area contributed by atoms with Crippen molar-refractivity contribution in [2.75, 3.05) is 38.8 Å². The maximum absolute atomic E-state index is 13.7. The van der Waals surface area contributed by atoms with Crippen molar-refractivity contribution in [3.05, 3.63) is 73.3 Å². The summed E-state index contributed by atoms with van der Waals surface area (Å²) in [5.41, 5.74) is 0.935. The minimum atomic E-state index is -3.89. The van der Waals surface area contributed by atoms with Gasteiger partial charge in [0.1, 0.15) is 30.8 Å². The van der Waals surface area contributed by atoms with Gasteiger partial charge in [-0.25, -0.2) is 8.42 Å². The molecule has 0 fully saturated rings. The minimum Gasteiger partial charge on any atom is -0.491 e. The molecule has 35 heavy (non-hydrogen) atoms. The second-order valence-corrected chi connectivity index (χ2v) is 10.6. The van der Waals surface area contributed by atoms with Crippen molar-refractivity contribution < 1.29 is 23.0 Å². The normalized spacial score (nSPS) is 12.7. The summed E-state index contributed by atoms with van der Waals surface area (Å²) < 4.78 is 39.9. The largest absolute Gasteiger partial charge is 0.491 e. The van der Waals surface area contributed by atoms with E-state index in [9.17, 15) is 13.5 Å². The zero-order valence-electron chi connectivity index (χ0n) is 20.7. The average Bonchev–Trinajstić information content (AvgIpc) is 2.84. The second-order valence-electron chi connectivity index (χ2n) is 8.73. The standard InChI is InChI=1S/C27H34N2O5S/c1-6-17-33-22-13-15-23(16-14-22)34-19-21(30)18-29(20(2)3)35(31,32)27-12-8-9-24-25(27)10-7-11-26(24)28(4)5/h6-16,20-21,30H,1,17-19H2,2-5H3. The number of nitrogens with zero attached hydrogens (tertiary/aromatic N) is 2. The molecule has 7 nitrogen and oxygen atoms in total. The minimum absolute atomic E-state index is 0.0497. The molecule has 3 rings (SSSR count). The predicted octanol–water partition coefficient (Wildman–Crippen LogP) is 4.31. The van der Waals surface area contributed by atoms with E-state index in [2.05, 4.69) is 6.58 Å². The maximum Gasteiger partial charge on any atom is 0.244 e. The highest BCUT2D eigenvalue weighted by molar-refractivity contribution is 7.89. The van der Waals surface area contributed by atoms with Crippen molar-refractivity contribution in [3.8, 4) is 11.5 Å². The molecule has 0 aliphatic heterocycles. The van der Waals surface area contributed by atoms with Crippen LogP contribution in [0.2, 0.25) is 0 Å². The Bertz CT molecular complexity index is 1240. The number of sulfonamides is 1. The molecule has 0 aliphatic rings. The lowest BCUT2D eigenvalue weighted by atomic mass is 10.1. The Morgan fingerprint density at radius 3 is 2.14 bits per heavy atom. The first-order valence-corrected chi connectivity index (χ1v) is 12.9. The van der Waals surface area contributed by atoms with E-state index in [0.29, 0.717) is 23.5 Å². The van der Waals surface area contributed by atoms with Crippen molar-refractivity contribution in [1.82, 2.24) is 4.31 Å². The van der Waals surface area contributed by atoms with E-state index >= 15 is 0 Å². The van der Waals surface area contributed by atoms with Crippen LogP contribution < -0.4 is 14.4 Å². The van der Waals surface area contributed by atoms with Crippen LogP contribution in [-0.2, 0) is 10.0 Å². The molecule has 3 aromatic rings. The molecule has 1 atom stereocenters. The molecule has 8 heteroatoms. The van der Waals surface area contributed by atoms with E-state index in [-0.39, 0.29) is 24.1 Å². The first-order chi connectivity index (χ1) is 16.6. The molecule has 3 aromatic carbocycles. The first-order valence-electron chi connectivity index (χ1n) is 11.5. The molecule has 0 amide bonds. The Labute approximate surface area is 208 Å². The van der Waals surface area contributed by atoms with E-state index in [1.54, 1.807) is 56.3 Å². The molecule has 0 saturated heterocycles. The first kappa shape index (κ1) is 26.5. The van der Waals surface area contributed by atoms with E-state index < -0.39 is 16.1 Å². The molecule has 0 spiro atoms. The molecule has 0 heterocycles. The Balaban J connectivity index is 1.78. The SMILES string of the molecule is C=CCOc1ccc(OCC(O)CN(C(C)C)S(=O)(=O)c2cccc3c(N(C)C)cccc23)cc1. The second kappa shape index (κ2) is 11.6. The molecule has 0 aliphatic carbocycles. The van der Waals surface area contributed by atoms with Crippen LogP contribution in [0.4, 0.5) is 5.69 Å². The topological polar surface area (TPSA) is 79.3 Å². The van der Waals surface area contributed by atoms with Gasteiger partial charge in [0.25, 0.3) is 0 Å². The Morgan fingerprint density at radius 1 is 0.943 bits per heavy atom. The van der Waals surface area contributed by atoms with Crippen LogP contribution >= 0.6 is 0 Å². The van der Waals surface area contributed by atoms with Gasteiger partial charge in [-0.05, 0) is 50.2 Å². The number of ether oxygens (including phenoxy) is 2. The van der Waals surface area contributed by atoms with Crippen molar-refractivity contribution in [1.29, 1.82) is 0 Å². The third kappa shape index (κ3) is 6.33. The number of anilines is 1. The fourth-order valence-electron chi connectivity index (χ4n) is 3.83. The number of aliphatic hydroxyl groups excluding tert-OH is 1. The summed E-state index contributed by atoms with van der Waals surface area (Å²) in [5, 5.41) is 12.2. The van der Waals surface area contributed by atoms with Crippen LogP contribution in [0.5, 0.6) is 11.5 Å². The zero-order chi connectivity index (χ0) is 25.6. The summed E-state index contributed by atoms with van der Waals surface area (Å²) in [6.45, 7) is 7.47. The molecular formula is C27H34N2O5S. The van der Waals surface area contributed by atoms with Gasteiger partial charge in [0, 0.05) is 43.1 Å². The fourth-order valence-corrected chi connectivity index (χ4v) is 5.71. The fraction of sp³-hybridized carbons (Fsp3) is 0.333. The molecule has 1 N–H and O–H groups in total. The molecule has 0 aromatic heterocycles. The lowest BCUT2D eigenvalue weighted by molar-refractivity contribution is 0.0840. The van der Waals surface area contributed by atoms with Crippen LogP contribution in [0.25, 0.3) is 10.8 Å². The number of aliphatic hydroxyl groups is 1. The van der Waals surface area contributed by atoms with E-state index in [4.69, 9.17) is 9.47 Å². The van der Waals surface area contributed by atoms with Gasteiger partial charge in [-0.1, -0.05) is 36.9 Å². The molecule has 0 saturated carbocycles. The Kier molecular flexibility index (Phi) is 8.77. The highest BCUT2D eigenvalue weighted by atomic mass is 32.2. The number of hydrogen-bond acceptors (Lipinski definition) is 6. The van der Waals surface area contributed by atoms with Gasteiger partial charge in [0.05, 0.1) is 4.90 Å². The third-order valence-corrected chi connectivity index (χ3v) is 7.63. The lowest BCUT2D eigenvalue weighted by Gasteiger charge is -2.29. The highest BCUT2D eigenvalue weighted by Crippen LogP contribution is 2.32. The van der Waals surface area contributed by atoms with Gasteiger partial charge < -0.3 is 19.5 Å². The smallest absolute Gasteiger partial charge is 0.244 e. The summed E-state index contributed by atoms with van der Waals surface area (Å²) in [6, 6.07) is 17.6. The summed E-state index contributed by atoms with van der Waals surface area (Å²) >= 11 is 0. The quantitative estimate of drug-likeness (QED) is 0.375. The molecular weight excluding hydrogens is 464 g/mol. The Morgan fingerprint density at radius 2 is 1.54 bits per heavy atom. The van der Waals surface area contributed by atoms with Crippen LogP contribution in [-0.4, -0.2) is 63.8 Å². The number of fused-ring (bicyclic) bond motifs is 1. The predicted molar refractivity (Wildman–Crippen MR) is 141 cm³/mol. The van der Waals surface area contributed by atoms with Crippen LogP contribution in [0.3, 0.4) is 0 Å². The number of hydrogen-bond donors (Lipinski definition) is 1. The molecule has 1 unspecified atom stereocenters. The van der Waals surface area contributed by atoms with Crippen molar-refractivity contribution in [3.63, 3.8) is 0 Å². The molecule has 188 valence electrons. The molecule has 0 radical (unpaired) electrons. The van der Waals surface area contributed by atoms with E-state index in [1.165, 1.54) is 4.31 Å². The Hall–Kier alpha value is -3.07. The van der Waals surface area contributed by atoms with E-state index in [1.807, 2.05) is 43.3 Å². The summed E-state index contributed by atoms with van der Waals surface area (Å²) in [5.74, 6) is 1.24. The van der Waals surface area contributed by atoms with E-state index in [0.717, 1.165) is 11.1 Å². The van der Waals surface area contributed by atoms with Crippen molar-refractivity contribution >= 4 is 26.5 Å². The van der Waals surface area contributed by atoms with Crippen LogP contribution in [0, 0.1) is 0 Å². The average molecular weight is 499 g/mol. The number of benzene rings is 3. The summed E-state index contributed by atoms with van der Waals surface area (Å²) in [6.07, 6.45) is 0.644.